The molecule has 2 saturated carbocycles. The van der Waals surface area contributed by atoms with Crippen LogP contribution >= 0.6 is 0 Å². The lowest BCUT2D eigenvalue weighted by Gasteiger charge is -2.28. The highest BCUT2D eigenvalue weighted by atomic mass is 16.5. The van der Waals surface area contributed by atoms with Gasteiger partial charge >= 0.3 is 0 Å². The Morgan fingerprint density at radius 1 is 1.29 bits per heavy atom. The highest BCUT2D eigenvalue weighted by molar-refractivity contribution is 5.30. The predicted molar refractivity (Wildman–Crippen MR) is 87.6 cm³/mol. The molecule has 116 valence electrons. The summed E-state index contributed by atoms with van der Waals surface area (Å²) >= 11 is 0. The molecule has 0 saturated heterocycles. The van der Waals surface area contributed by atoms with Gasteiger partial charge in [0.15, 0.2) is 0 Å². The van der Waals surface area contributed by atoms with Crippen molar-refractivity contribution in [2.75, 3.05) is 13.7 Å². The van der Waals surface area contributed by atoms with Crippen LogP contribution in [0.15, 0.2) is 24.3 Å². The molecule has 1 aromatic carbocycles. The van der Waals surface area contributed by atoms with E-state index in [0.29, 0.717) is 6.04 Å². The number of hydrogen-bond acceptors (Lipinski definition) is 2. The van der Waals surface area contributed by atoms with Crippen LogP contribution in [0.5, 0.6) is 5.75 Å². The van der Waals surface area contributed by atoms with Crippen LogP contribution in [0.4, 0.5) is 0 Å². The van der Waals surface area contributed by atoms with E-state index in [1.165, 1.54) is 44.1 Å². The van der Waals surface area contributed by atoms with Gasteiger partial charge in [0.05, 0.1) is 7.11 Å². The van der Waals surface area contributed by atoms with E-state index in [1.807, 2.05) is 6.07 Å². The summed E-state index contributed by atoms with van der Waals surface area (Å²) in [5, 5.41) is 3.77. The summed E-state index contributed by atoms with van der Waals surface area (Å²) in [6.45, 7) is 3.34. The van der Waals surface area contributed by atoms with Gasteiger partial charge in [-0.3, -0.25) is 0 Å². The van der Waals surface area contributed by atoms with Crippen LogP contribution in [0.3, 0.4) is 0 Å². The van der Waals surface area contributed by atoms with Crippen molar-refractivity contribution >= 4 is 0 Å². The Hall–Kier alpha value is -1.02. The number of rotatable bonds is 7. The van der Waals surface area contributed by atoms with Gasteiger partial charge in [0, 0.05) is 6.04 Å². The molecule has 2 aliphatic carbocycles. The molecule has 1 aromatic rings. The van der Waals surface area contributed by atoms with Gasteiger partial charge in [-0.2, -0.15) is 0 Å². The number of methoxy groups -OCH3 is 1. The highest BCUT2D eigenvalue weighted by Gasteiger charge is 2.40. The molecule has 0 radical (unpaired) electrons. The first-order valence-electron chi connectivity index (χ1n) is 8.67. The van der Waals surface area contributed by atoms with E-state index in [4.69, 9.17) is 4.74 Å². The zero-order valence-electron chi connectivity index (χ0n) is 13.5. The van der Waals surface area contributed by atoms with E-state index >= 15 is 0 Å². The highest BCUT2D eigenvalue weighted by Crippen LogP contribution is 2.51. The maximum atomic E-state index is 5.40. The fourth-order valence-electron chi connectivity index (χ4n) is 4.48. The van der Waals surface area contributed by atoms with Gasteiger partial charge in [-0.15, -0.1) is 0 Å². The molecule has 1 N–H and O–H groups in total. The number of fused-ring (bicyclic) bond motifs is 2. The minimum absolute atomic E-state index is 0.490. The quantitative estimate of drug-likeness (QED) is 0.793. The lowest BCUT2D eigenvalue weighted by molar-refractivity contribution is 0.279. The first-order valence-corrected chi connectivity index (χ1v) is 8.67. The molecule has 2 nitrogen and oxygen atoms in total. The average Bonchev–Trinajstić information content (AvgIpc) is 3.14. The van der Waals surface area contributed by atoms with E-state index in [1.54, 1.807) is 7.11 Å². The summed E-state index contributed by atoms with van der Waals surface area (Å²) in [4.78, 5) is 0. The smallest absolute Gasteiger partial charge is 0.119 e. The van der Waals surface area contributed by atoms with E-state index in [0.717, 1.165) is 30.0 Å². The van der Waals surface area contributed by atoms with Crippen LogP contribution in [0.2, 0.25) is 0 Å². The van der Waals surface area contributed by atoms with E-state index in [-0.39, 0.29) is 0 Å². The van der Waals surface area contributed by atoms with Gasteiger partial charge < -0.3 is 10.1 Å². The Morgan fingerprint density at radius 3 is 2.86 bits per heavy atom. The van der Waals surface area contributed by atoms with Crippen molar-refractivity contribution in [1.29, 1.82) is 0 Å². The Kier molecular flexibility index (Phi) is 4.84. The summed E-state index contributed by atoms with van der Waals surface area (Å²) in [7, 11) is 1.75. The van der Waals surface area contributed by atoms with Crippen molar-refractivity contribution < 1.29 is 4.74 Å². The summed E-state index contributed by atoms with van der Waals surface area (Å²) in [6, 6.07) is 9.11. The van der Waals surface area contributed by atoms with E-state index in [2.05, 4.69) is 30.4 Å². The van der Waals surface area contributed by atoms with Crippen molar-refractivity contribution in [1.82, 2.24) is 5.32 Å². The SMILES string of the molecule is CCCNC(CC1CC2CCC1C2)c1cccc(OC)c1. The van der Waals surface area contributed by atoms with Gasteiger partial charge in [-0.05, 0) is 74.1 Å². The second-order valence-electron chi connectivity index (χ2n) is 6.95. The van der Waals surface area contributed by atoms with Crippen LogP contribution in [0, 0.1) is 17.8 Å². The molecule has 0 aromatic heterocycles. The maximum Gasteiger partial charge on any atom is 0.119 e. The molecular weight excluding hydrogens is 258 g/mol. The van der Waals surface area contributed by atoms with Crippen molar-refractivity contribution in [3.8, 4) is 5.75 Å². The van der Waals surface area contributed by atoms with Crippen molar-refractivity contribution in [2.45, 2.75) is 51.5 Å². The molecule has 2 fully saturated rings. The van der Waals surface area contributed by atoms with Gasteiger partial charge in [-0.1, -0.05) is 25.5 Å². The standard InChI is InChI=1S/C19H29NO/c1-3-9-20-19(16-5-4-6-18(12-16)21-2)13-17-11-14-7-8-15(17)10-14/h4-6,12,14-15,17,19-20H,3,7-11,13H2,1-2H3. The van der Waals surface area contributed by atoms with Gasteiger partial charge in [0.2, 0.25) is 0 Å². The molecule has 0 spiro atoms. The van der Waals surface area contributed by atoms with Crippen LogP contribution in [0.25, 0.3) is 0 Å². The number of hydrogen-bond donors (Lipinski definition) is 1. The Bertz CT molecular complexity index is 459. The average molecular weight is 287 g/mol. The molecule has 21 heavy (non-hydrogen) atoms. The molecular formula is C19H29NO. The third kappa shape index (κ3) is 3.42. The predicted octanol–water partition coefficient (Wildman–Crippen LogP) is 4.56. The van der Waals surface area contributed by atoms with Crippen LogP contribution in [-0.4, -0.2) is 13.7 Å². The number of ether oxygens (including phenoxy) is 1. The normalized spacial score (nSPS) is 28.8. The third-order valence-electron chi connectivity index (χ3n) is 5.56. The lowest BCUT2D eigenvalue weighted by atomic mass is 9.82. The molecule has 4 unspecified atom stereocenters. The Labute approximate surface area is 129 Å². The van der Waals surface area contributed by atoms with Crippen LogP contribution < -0.4 is 10.1 Å². The minimum atomic E-state index is 0.490. The van der Waals surface area contributed by atoms with Crippen LogP contribution in [-0.2, 0) is 0 Å². The van der Waals surface area contributed by atoms with E-state index < -0.39 is 0 Å². The monoisotopic (exact) mass is 287 g/mol. The summed E-state index contributed by atoms with van der Waals surface area (Å²) in [6.07, 6.45) is 8.44. The van der Waals surface area contributed by atoms with Crippen molar-refractivity contribution in [2.24, 2.45) is 17.8 Å². The summed E-state index contributed by atoms with van der Waals surface area (Å²) in [5.74, 6) is 3.96. The maximum absolute atomic E-state index is 5.40. The van der Waals surface area contributed by atoms with Gasteiger partial charge in [0.25, 0.3) is 0 Å². The third-order valence-corrected chi connectivity index (χ3v) is 5.56. The van der Waals surface area contributed by atoms with Crippen molar-refractivity contribution in [3.05, 3.63) is 29.8 Å². The zero-order chi connectivity index (χ0) is 14.7. The molecule has 4 atom stereocenters. The second kappa shape index (κ2) is 6.83. The topological polar surface area (TPSA) is 21.3 Å². The van der Waals surface area contributed by atoms with E-state index in [9.17, 15) is 0 Å². The molecule has 3 rings (SSSR count). The Balaban J connectivity index is 1.70. The zero-order valence-corrected chi connectivity index (χ0v) is 13.5. The minimum Gasteiger partial charge on any atom is -0.497 e. The van der Waals surface area contributed by atoms with Crippen molar-refractivity contribution in [3.63, 3.8) is 0 Å². The molecule has 2 heteroatoms. The number of benzene rings is 1. The first-order chi connectivity index (χ1) is 10.3. The number of nitrogens with one attached hydrogen (secondary N) is 1. The molecule has 0 amide bonds. The summed E-state index contributed by atoms with van der Waals surface area (Å²) < 4.78 is 5.40. The van der Waals surface area contributed by atoms with Crippen LogP contribution in [0.1, 0.15) is 57.1 Å². The molecule has 2 bridgehead atoms. The first kappa shape index (κ1) is 14.9. The fourth-order valence-corrected chi connectivity index (χ4v) is 4.48. The molecule has 2 aliphatic rings. The van der Waals surface area contributed by atoms with Gasteiger partial charge in [0.1, 0.15) is 5.75 Å². The Morgan fingerprint density at radius 2 is 2.19 bits per heavy atom. The second-order valence-corrected chi connectivity index (χ2v) is 6.95. The molecule has 0 aliphatic heterocycles. The molecule has 0 heterocycles. The van der Waals surface area contributed by atoms with Gasteiger partial charge in [-0.25, -0.2) is 0 Å². The largest absolute Gasteiger partial charge is 0.497 e. The fraction of sp³-hybridized carbons (Fsp3) is 0.684. The summed E-state index contributed by atoms with van der Waals surface area (Å²) in [5.41, 5.74) is 1.39. The lowest BCUT2D eigenvalue weighted by Crippen LogP contribution is -2.26.